The summed E-state index contributed by atoms with van der Waals surface area (Å²) in [5, 5.41) is 12.8. The van der Waals surface area contributed by atoms with Crippen LogP contribution < -0.4 is 11.1 Å². The molecule has 1 heterocycles. The number of nitrogens with one attached hydrogen (secondary N) is 1. The second kappa shape index (κ2) is 6.59. The number of rotatable bonds is 5. The number of likely N-dealkylation sites (N-methyl/N-ethyl adjacent to an activating group) is 1. The molecular weight excluding hydrogens is 307 g/mol. The molecule has 0 atom stereocenters. The Bertz CT molecular complexity index is 655. The van der Waals surface area contributed by atoms with Crippen LogP contribution in [0.2, 0.25) is 0 Å². The van der Waals surface area contributed by atoms with Gasteiger partial charge in [-0.25, -0.2) is 0 Å². The standard InChI is InChI=1S/C17H25BN2O4/c1-16(2)17(3,4)24-18(23-16)12(10-20-5)8-11-6-7-14(21)13(9-11)15(19)22/h6-9,20-21H,10H2,1-5H3,(H2,19,22). The predicted molar refractivity (Wildman–Crippen MR) is 94.6 cm³/mol. The highest BCUT2D eigenvalue weighted by Crippen LogP contribution is 2.38. The zero-order valence-electron chi connectivity index (χ0n) is 14.8. The van der Waals surface area contributed by atoms with Crippen molar-refractivity contribution in [1.82, 2.24) is 5.32 Å². The maximum Gasteiger partial charge on any atom is 0.491 e. The Labute approximate surface area is 143 Å². The minimum absolute atomic E-state index is 0.0847. The van der Waals surface area contributed by atoms with Crippen molar-refractivity contribution in [2.45, 2.75) is 38.9 Å². The van der Waals surface area contributed by atoms with Crippen LogP contribution in [0.25, 0.3) is 6.08 Å². The number of carbonyl (C=O) groups excluding carboxylic acids is 1. The average Bonchev–Trinajstić information content (AvgIpc) is 2.68. The molecule has 4 N–H and O–H groups in total. The number of benzene rings is 1. The van der Waals surface area contributed by atoms with Crippen LogP contribution in [0.3, 0.4) is 0 Å². The van der Waals surface area contributed by atoms with E-state index in [4.69, 9.17) is 15.0 Å². The largest absolute Gasteiger partial charge is 0.507 e. The van der Waals surface area contributed by atoms with E-state index in [1.165, 1.54) is 6.07 Å². The lowest BCUT2D eigenvalue weighted by atomic mass is 9.77. The van der Waals surface area contributed by atoms with Gasteiger partial charge in [-0.2, -0.15) is 0 Å². The molecule has 1 saturated heterocycles. The number of carbonyl (C=O) groups is 1. The lowest BCUT2D eigenvalue weighted by Crippen LogP contribution is -2.41. The number of hydrogen-bond acceptors (Lipinski definition) is 5. The van der Waals surface area contributed by atoms with E-state index in [2.05, 4.69) is 5.32 Å². The Morgan fingerprint density at radius 1 is 1.29 bits per heavy atom. The van der Waals surface area contributed by atoms with Gasteiger partial charge < -0.3 is 25.5 Å². The van der Waals surface area contributed by atoms with Crippen LogP contribution in [-0.2, 0) is 9.31 Å². The van der Waals surface area contributed by atoms with Gasteiger partial charge in [0.25, 0.3) is 5.91 Å². The monoisotopic (exact) mass is 332 g/mol. The molecule has 130 valence electrons. The van der Waals surface area contributed by atoms with Crippen LogP contribution in [0.15, 0.2) is 23.7 Å². The van der Waals surface area contributed by atoms with Crippen LogP contribution in [0.4, 0.5) is 0 Å². The minimum atomic E-state index is -0.673. The number of aromatic hydroxyl groups is 1. The third-order valence-electron chi connectivity index (χ3n) is 4.58. The quantitative estimate of drug-likeness (QED) is 0.714. The second-order valence-electron chi connectivity index (χ2n) is 6.98. The fraction of sp³-hybridized carbons (Fsp3) is 0.471. The van der Waals surface area contributed by atoms with Gasteiger partial charge in [0.1, 0.15) is 5.75 Å². The van der Waals surface area contributed by atoms with Crippen molar-refractivity contribution in [2.75, 3.05) is 13.6 Å². The van der Waals surface area contributed by atoms with Crippen LogP contribution in [0.1, 0.15) is 43.6 Å². The molecule has 1 aliphatic heterocycles. The molecule has 7 heteroatoms. The van der Waals surface area contributed by atoms with Gasteiger partial charge in [-0.15, -0.1) is 0 Å². The molecule has 2 rings (SSSR count). The highest BCUT2D eigenvalue weighted by atomic mass is 16.7. The summed E-state index contributed by atoms with van der Waals surface area (Å²) in [6.07, 6.45) is 1.88. The third kappa shape index (κ3) is 3.63. The summed E-state index contributed by atoms with van der Waals surface area (Å²) in [6, 6.07) is 4.72. The Morgan fingerprint density at radius 2 is 1.88 bits per heavy atom. The molecule has 1 aromatic rings. The second-order valence-corrected chi connectivity index (χ2v) is 6.98. The van der Waals surface area contributed by atoms with Crippen molar-refractivity contribution in [1.29, 1.82) is 0 Å². The third-order valence-corrected chi connectivity index (χ3v) is 4.58. The zero-order chi connectivity index (χ0) is 18.1. The van der Waals surface area contributed by atoms with Gasteiger partial charge in [0.15, 0.2) is 0 Å². The van der Waals surface area contributed by atoms with Gasteiger partial charge in [0, 0.05) is 6.54 Å². The summed E-state index contributed by atoms with van der Waals surface area (Å²) in [5.74, 6) is -0.806. The number of phenols is 1. The van der Waals surface area contributed by atoms with Crippen molar-refractivity contribution in [3.8, 4) is 5.75 Å². The Balaban J connectivity index is 2.37. The molecule has 0 radical (unpaired) electrons. The number of hydrogen-bond donors (Lipinski definition) is 3. The fourth-order valence-corrected chi connectivity index (χ4v) is 2.46. The summed E-state index contributed by atoms with van der Waals surface area (Å²) < 4.78 is 12.2. The summed E-state index contributed by atoms with van der Waals surface area (Å²) in [6.45, 7) is 8.54. The minimum Gasteiger partial charge on any atom is -0.507 e. The summed E-state index contributed by atoms with van der Waals surface area (Å²) >= 11 is 0. The van der Waals surface area contributed by atoms with Gasteiger partial charge in [-0.3, -0.25) is 4.79 Å². The van der Waals surface area contributed by atoms with Crippen molar-refractivity contribution >= 4 is 19.1 Å². The number of nitrogens with two attached hydrogens (primary N) is 1. The maximum atomic E-state index is 11.4. The summed E-state index contributed by atoms with van der Waals surface area (Å²) in [7, 11) is 1.35. The lowest BCUT2D eigenvalue weighted by Gasteiger charge is -2.32. The Kier molecular flexibility index (Phi) is 5.08. The van der Waals surface area contributed by atoms with Crippen molar-refractivity contribution in [2.24, 2.45) is 5.73 Å². The molecule has 0 spiro atoms. The van der Waals surface area contributed by atoms with Gasteiger partial charge in [0.2, 0.25) is 0 Å². The molecule has 1 amide bonds. The van der Waals surface area contributed by atoms with E-state index in [1.54, 1.807) is 12.1 Å². The van der Waals surface area contributed by atoms with Crippen molar-refractivity contribution < 1.29 is 19.2 Å². The van der Waals surface area contributed by atoms with Crippen LogP contribution in [0.5, 0.6) is 5.75 Å². The lowest BCUT2D eigenvalue weighted by molar-refractivity contribution is 0.00578. The van der Waals surface area contributed by atoms with E-state index in [-0.39, 0.29) is 11.3 Å². The molecular formula is C17H25BN2O4. The molecule has 0 saturated carbocycles. The smallest absolute Gasteiger partial charge is 0.491 e. The molecule has 1 aliphatic rings. The maximum absolute atomic E-state index is 11.4. The van der Waals surface area contributed by atoms with Gasteiger partial charge in [0.05, 0.1) is 16.8 Å². The molecule has 0 bridgehead atoms. The first-order valence-electron chi connectivity index (χ1n) is 7.91. The predicted octanol–water partition coefficient (Wildman–Crippen LogP) is 1.73. The molecule has 0 aromatic heterocycles. The van der Waals surface area contributed by atoms with E-state index in [0.717, 1.165) is 11.0 Å². The summed E-state index contributed by atoms with van der Waals surface area (Å²) in [4.78, 5) is 11.4. The molecule has 24 heavy (non-hydrogen) atoms. The van der Waals surface area contributed by atoms with Gasteiger partial charge >= 0.3 is 7.12 Å². The highest BCUT2D eigenvalue weighted by Gasteiger charge is 2.52. The molecule has 0 aliphatic carbocycles. The number of primary amides is 1. The first-order valence-corrected chi connectivity index (χ1v) is 7.91. The van der Waals surface area contributed by atoms with Crippen molar-refractivity contribution in [3.05, 3.63) is 34.8 Å². The van der Waals surface area contributed by atoms with Gasteiger partial charge in [-0.1, -0.05) is 12.1 Å². The van der Waals surface area contributed by atoms with E-state index >= 15 is 0 Å². The van der Waals surface area contributed by atoms with Gasteiger partial charge in [-0.05, 0) is 57.9 Å². The van der Waals surface area contributed by atoms with E-state index in [0.29, 0.717) is 6.54 Å². The average molecular weight is 332 g/mol. The number of amides is 1. The van der Waals surface area contributed by atoms with E-state index < -0.39 is 24.2 Å². The fourth-order valence-electron chi connectivity index (χ4n) is 2.46. The normalized spacial score (nSPS) is 19.5. The topological polar surface area (TPSA) is 93.8 Å². The zero-order valence-corrected chi connectivity index (χ0v) is 14.8. The SMILES string of the molecule is CNCC(=Cc1ccc(O)c(C(N)=O)c1)B1OC(C)(C)C(C)(C)O1. The molecule has 0 unspecified atom stereocenters. The van der Waals surface area contributed by atoms with Crippen LogP contribution in [0, 0.1) is 0 Å². The summed E-state index contributed by atoms with van der Waals surface area (Å²) in [5.41, 5.74) is 6.13. The first kappa shape index (κ1) is 18.5. The van der Waals surface area contributed by atoms with Crippen molar-refractivity contribution in [3.63, 3.8) is 0 Å². The highest BCUT2D eigenvalue weighted by molar-refractivity contribution is 6.55. The first-order chi connectivity index (χ1) is 11.1. The van der Waals surface area contributed by atoms with E-state index in [1.807, 2.05) is 40.8 Å². The molecule has 1 fully saturated rings. The van der Waals surface area contributed by atoms with Crippen LogP contribution in [-0.4, -0.2) is 42.9 Å². The van der Waals surface area contributed by atoms with Crippen LogP contribution >= 0.6 is 0 Å². The molecule has 6 nitrogen and oxygen atoms in total. The van der Waals surface area contributed by atoms with E-state index in [9.17, 15) is 9.90 Å². The Morgan fingerprint density at radius 3 is 2.38 bits per heavy atom. The molecule has 1 aromatic carbocycles. The Hall–Kier alpha value is -1.83.